The molecule has 3 rings (SSSR count). The Hall–Kier alpha value is -2.52. The van der Waals surface area contributed by atoms with E-state index >= 15 is 0 Å². The van der Waals surface area contributed by atoms with Gasteiger partial charge in [0.1, 0.15) is 10.3 Å². The van der Waals surface area contributed by atoms with Crippen LogP contribution in [0.5, 0.6) is 0 Å². The zero-order chi connectivity index (χ0) is 21.7. The number of carbonyl (C=O) groups excluding carboxylic acids is 1. The van der Waals surface area contributed by atoms with Crippen molar-refractivity contribution >= 4 is 33.0 Å². The molecule has 0 fully saturated rings. The number of anilines is 1. The Morgan fingerprint density at radius 3 is 2.30 bits per heavy atom. The lowest BCUT2D eigenvalue weighted by atomic mass is 10.1. The van der Waals surface area contributed by atoms with Crippen molar-refractivity contribution in [1.82, 2.24) is 9.62 Å². The molecule has 0 aliphatic heterocycles. The van der Waals surface area contributed by atoms with E-state index in [1.165, 1.54) is 29.7 Å². The third-order valence-electron chi connectivity index (χ3n) is 4.57. The van der Waals surface area contributed by atoms with E-state index in [2.05, 4.69) is 10.6 Å². The Bertz CT molecular complexity index is 1090. The monoisotopic (exact) mass is 443 g/mol. The van der Waals surface area contributed by atoms with Crippen molar-refractivity contribution in [3.05, 3.63) is 82.7 Å². The molecule has 0 saturated carbocycles. The standard InChI is InChI=1S/C22H25N3O3S2/c1-16-9-11-18(12-10-16)24-22(26)21(17-7-5-4-6-8-17)23-15-19-13-14-20(29-19)30(27,28)25(2)3/h4-14,21,23H,15H2,1-3H3,(H,24,26). The number of hydrogen-bond acceptors (Lipinski definition) is 5. The maximum Gasteiger partial charge on any atom is 0.252 e. The molecule has 0 bridgehead atoms. The van der Waals surface area contributed by atoms with Crippen LogP contribution >= 0.6 is 11.3 Å². The predicted octanol–water partition coefficient (Wildman–Crippen LogP) is 3.78. The second-order valence-corrected chi connectivity index (χ2v) is 10.6. The lowest BCUT2D eigenvalue weighted by Crippen LogP contribution is -2.32. The Kier molecular flexibility index (Phi) is 7.04. The van der Waals surface area contributed by atoms with Gasteiger partial charge in [0, 0.05) is 31.2 Å². The molecule has 1 amide bonds. The highest BCUT2D eigenvalue weighted by Crippen LogP contribution is 2.25. The molecule has 2 aromatic carbocycles. The number of nitrogens with one attached hydrogen (secondary N) is 2. The van der Waals surface area contributed by atoms with Crippen LogP contribution in [-0.4, -0.2) is 32.7 Å². The summed E-state index contributed by atoms with van der Waals surface area (Å²) in [5.74, 6) is -0.178. The Labute approximate surface area is 181 Å². The first-order valence-electron chi connectivity index (χ1n) is 9.44. The molecule has 1 heterocycles. The molecular formula is C22H25N3O3S2. The van der Waals surface area contributed by atoms with Crippen LogP contribution in [0.4, 0.5) is 5.69 Å². The van der Waals surface area contributed by atoms with Crippen molar-refractivity contribution in [2.45, 2.75) is 23.7 Å². The number of aryl methyl sites for hydroxylation is 1. The molecule has 30 heavy (non-hydrogen) atoms. The van der Waals surface area contributed by atoms with Gasteiger partial charge in [-0.25, -0.2) is 12.7 Å². The van der Waals surface area contributed by atoms with Crippen molar-refractivity contribution in [3.63, 3.8) is 0 Å². The van der Waals surface area contributed by atoms with Crippen LogP contribution in [0, 0.1) is 6.92 Å². The molecule has 8 heteroatoms. The number of sulfonamides is 1. The fourth-order valence-corrected chi connectivity index (χ4v) is 5.31. The third-order valence-corrected chi connectivity index (χ3v) is 7.93. The van der Waals surface area contributed by atoms with Crippen LogP contribution in [-0.2, 0) is 21.4 Å². The fraction of sp³-hybridized carbons (Fsp3) is 0.227. The third kappa shape index (κ3) is 5.34. The number of thiophene rings is 1. The highest BCUT2D eigenvalue weighted by Gasteiger charge is 2.22. The first-order chi connectivity index (χ1) is 14.3. The van der Waals surface area contributed by atoms with Gasteiger partial charge in [0.05, 0.1) is 0 Å². The molecule has 2 N–H and O–H groups in total. The second-order valence-electron chi connectivity index (χ2n) is 7.09. The van der Waals surface area contributed by atoms with Crippen molar-refractivity contribution in [2.75, 3.05) is 19.4 Å². The first kappa shape index (κ1) is 22.2. The van der Waals surface area contributed by atoms with E-state index in [1.807, 2.05) is 61.5 Å². The summed E-state index contributed by atoms with van der Waals surface area (Å²) in [6, 6.07) is 19.9. The van der Waals surface area contributed by atoms with Gasteiger partial charge in [-0.1, -0.05) is 48.0 Å². The zero-order valence-electron chi connectivity index (χ0n) is 17.1. The lowest BCUT2D eigenvalue weighted by molar-refractivity contribution is -0.118. The Balaban J connectivity index is 1.76. The number of nitrogens with zero attached hydrogens (tertiary/aromatic N) is 1. The summed E-state index contributed by atoms with van der Waals surface area (Å²) in [4.78, 5) is 13.8. The molecule has 0 aliphatic carbocycles. The molecule has 0 spiro atoms. The van der Waals surface area contributed by atoms with Crippen molar-refractivity contribution in [1.29, 1.82) is 0 Å². The van der Waals surface area contributed by atoms with E-state index in [0.29, 0.717) is 6.54 Å². The zero-order valence-corrected chi connectivity index (χ0v) is 18.8. The van der Waals surface area contributed by atoms with Gasteiger partial charge in [0.2, 0.25) is 5.91 Å². The number of amides is 1. The molecule has 158 valence electrons. The van der Waals surface area contributed by atoms with E-state index in [4.69, 9.17) is 0 Å². The molecule has 1 aromatic heterocycles. The molecule has 1 unspecified atom stereocenters. The summed E-state index contributed by atoms with van der Waals surface area (Å²) >= 11 is 1.20. The molecular weight excluding hydrogens is 418 g/mol. The smallest absolute Gasteiger partial charge is 0.252 e. The number of benzene rings is 2. The molecule has 3 aromatic rings. The first-order valence-corrected chi connectivity index (χ1v) is 11.7. The SMILES string of the molecule is Cc1ccc(NC(=O)C(NCc2ccc(S(=O)(=O)N(C)C)s2)c2ccccc2)cc1. The van der Waals surface area contributed by atoms with Gasteiger partial charge in [-0.3, -0.25) is 10.1 Å². The average molecular weight is 444 g/mol. The average Bonchev–Trinajstić information content (AvgIpc) is 3.20. The lowest BCUT2D eigenvalue weighted by Gasteiger charge is -2.19. The molecule has 0 aliphatic rings. The summed E-state index contributed by atoms with van der Waals surface area (Å²) in [5.41, 5.74) is 2.68. The van der Waals surface area contributed by atoms with Crippen LogP contribution < -0.4 is 10.6 Å². The van der Waals surface area contributed by atoms with Crippen molar-refractivity contribution in [3.8, 4) is 0 Å². The Morgan fingerprint density at radius 2 is 1.67 bits per heavy atom. The van der Waals surface area contributed by atoms with Crippen LogP contribution in [0.15, 0.2) is 70.9 Å². The van der Waals surface area contributed by atoms with E-state index < -0.39 is 16.1 Å². The van der Waals surface area contributed by atoms with Gasteiger partial charge in [-0.05, 0) is 36.8 Å². The summed E-state index contributed by atoms with van der Waals surface area (Å²) in [7, 11) is -0.447. The second kappa shape index (κ2) is 9.53. The van der Waals surface area contributed by atoms with Gasteiger partial charge in [-0.2, -0.15) is 0 Å². The minimum atomic E-state index is -3.46. The maximum absolute atomic E-state index is 13.0. The van der Waals surface area contributed by atoms with Gasteiger partial charge < -0.3 is 5.32 Å². The Morgan fingerprint density at radius 1 is 1.00 bits per heavy atom. The summed E-state index contributed by atoms with van der Waals surface area (Å²) in [6.07, 6.45) is 0. The number of carbonyl (C=O) groups is 1. The summed E-state index contributed by atoms with van der Waals surface area (Å²) in [6.45, 7) is 2.36. The van der Waals surface area contributed by atoms with Crippen LogP contribution in [0.1, 0.15) is 22.0 Å². The topological polar surface area (TPSA) is 78.5 Å². The number of hydrogen-bond donors (Lipinski definition) is 2. The minimum Gasteiger partial charge on any atom is -0.324 e. The minimum absolute atomic E-state index is 0.178. The van der Waals surface area contributed by atoms with Crippen LogP contribution in [0.25, 0.3) is 0 Å². The molecule has 1 atom stereocenters. The highest BCUT2D eigenvalue weighted by atomic mass is 32.2. The summed E-state index contributed by atoms with van der Waals surface area (Å²) in [5, 5.41) is 6.22. The quantitative estimate of drug-likeness (QED) is 0.555. The largest absolute Gasteiger partial charge is 0.324 e. The normalized spacial score (nSPS) is 12.7. The van der Waals surface area contributed by atoms with Gasteiger partial charge >= 0.3 is 0 Å². The van der Waals surface area contributed by atoms with Gasteiger partial charge in [0.15, 0.2) is 0 Å². The van der Waals surface area contributed by atoms with Crippen molar-refractivity contribution in [2.24, 2.45) is 0 Å². The number of rotatable bonds is 8. The van der Waals surface area contributed by atoms with E-state index in [9.17, 15) is 13.2 Å². The van der Waals surface area contributed by atoms with Crippen molar-refractivity contribution < 1.29 is 13.2 Å². The fourth-order valence-electron chi connectivity index (χ4n) is 2.83. The molecule has 0 saturated heterocycles. The maximum atomic E-state index is 13.0. The highest BCUT2D eigenvalue weighted by molar-refractivity contribution is 7.91. The van der Waals surface area contributed by atoms with E-state index in [0.717, 1.165) is 21.7 Å². The predicted molar refractivity (Wildman–Crippen MR) is 121 cm³/mol. The van der Waals surface area contributed by atoms with Crippen LogP contribution in [0.3, 0.4) is 0 Å². The molecule has 6 nitrogen and oxygen atoms in total. The van der Waals surface area contributed by atoms with Gasteiger partial charge in [0.25, 0.3) is 10.0 Å². The summed E-state index contributed by atoms with van der Waals surface area (Å²) < 4.78 is 26.1. The van der Waals surface area contributed by atoms with E-state index in [-0.39, 0.29) is 10.1 Å². The van der Waals surface area contributed by atoms with E-state index in [1.54, 1.807) is 12.1 Å². The van der Waals surface area contributed by atoms with Crippen LogP contribution in [0.2, 0.25) is 0 Å². The molecule has 0 radical (unpaired) electrons. The van der Waals surface area contributed by atoms with Gasteiger partial charge in [-0.15, -0.1) is 11.3 Å².